The molecular weight excluding hydrogens is 616 g/mol. The first kappa shape index (κ1) is 33.1. The van der Waals surface area contributed by atoms with Gasteiger partial charge in [-0.25, -0.2) is 17.6 Å². The first-order valence-electron chi connectivity index (χ1n) is 14.9. The molecule has 244 valence electrons. The zero-order chi connectivity index (χ0) is 33.8. The Morgan fingerprint density at radius 2 is 1.43 bits per heavy atom. The van der Waals surface area contributed by atoms with E-state index in [4.69, 9.17) is 0 Å². The lowest BCUT2D eigenvalue weighted by Crippen LogP contribution is -2.51. The van der Waals surface area contributed by atoms with Crippen LogP contribution in [0.5, 0.6) is 0 Å². The molecule has 47 heavy (non-hydrogen) atoms. The highest BCUT2D eigenvalue weighted by Crippen LogP contribution is 2.22. The van der Waals surface area contributed by atoms with Gasteiger partial charge in [-0.15, -0.1) is 0 Å². The molecule has 1 saturated heterocycles. The Hall–Kier alpha value is -5.26. The Labute approximate surface area is 268 Å². The number of Topliss-reactive ketones (excluding diaryl/α,β-unsaturated/α-hetero) is 2. The molecule has 0 atom stereocenters. The van der Waals surface area contributed by atoms with Crippen LogP contribution in [0.15, 0.2) is 77.7 Å². The average molecular weight is 649 g/mol. The number of rotatable bonds is 10. The summed E-state index contributed by atoms with van der Waals surface area (Å²) in [5, 5.41) is 0. The van der Waals surface area contributed by atoms with Gasteiger partial charge in [0.05, 0.1) is 18.5 Å². The molecule has 1 aliphatic heterocycles. The SMILES string of the molecule is CN(C)c1ccc(N2CCN(C(=O)C(=O)CC(=O)c3cc(Cc4cc(F)c(F)c(F)c4)cn(Cc4ccccc4F)c3=O)CC2)cc1. The van der Waals surface area contributed by atoms with E-state index >= 15 is 0 Å². The van der Waals surface area contributed by atoms with E-state index in [0.29, 0.717) is 13.1 Å². The fourth-order valence-corrected chi connectivity index (χ4v) is 5.49. The number of carbonyl (C=O) groups excluding carboxylic acids is 3. The van der Waals surface area contributed by atoms with E-state index in [9.17, 15) is 36.7 Å². The van der Waals surface area contributed by atoms with E-state index in [1.165, 1.54) is 35.4 Å². The highest BCUT2D eigenvalue weighted by molar-refractivity contribution is 6.40. The summed E-state index contributed by atoms with van der Waals surface area (Å²) in [5.41, 5.74) is 1.07. The van der Waals surface area contributed by atoms with Gasteiger partial charge in [0.15, 0.2) is 23.2 Å². The van der Waals surface area contributed by atoms with Crippen molar-refractivity contribution < 1.29 is 31.9 Å². The second-order valence-electron chi connectivity index (χ2n) is 11.5. The summed E-state index contributed by atoms with van der Waals surface area (Å²) in [5.74, 6) is -7.85. The van der Waals surface area contributed by atoms with Gasteiger partial charge in [0, 0.05) is 63.4 Å². The van der Waals surface area contributed by atoms with E-state index in [1.807, 2.05) is 43.3 Å². The minimum absolute atomic E-state index is 0.00919. The highest BCUT2D eigenvalue weighted by Gasteiger charge is 2.29. The van der Waals surface area contributed by atoms with Crippen molar-refractivity contribution >= 4 is 28.8 Å². The minimum Gasteiger partial charge on any atom is -0.378 e. The van der Waals surface area contributed by atoms with Crippen LogP contribution in [0.4, 0.5) is 28.9 Å². The van der Waals surface area contributed by atoms with Gasteiger partial charge in [-0.1, -0.05) is 18.2 Å². The summed E-state index contributed by atoms with van der Waals surface area (Å²) in [6.45, 7) is 1.16. The van der Waals surface area contributed by atoms with Crippen molar-refractivity contribution in [3.05, 3.63) is 129 Å². The average Bonchev–Trinajstić information content (AvgIpc) is 3.05. The molecule has 1 amide bonds. The third-order valence-electron chi connectivity index (χ3n) is 8.05. The number of nitrogens with zero attached hydrogens (tertiary/aromatic N) is 4. The van der Waals surface area contributed by atoms with Gasteiger partial charge >= 0.3 is 0 Å². The third-order valence-corrected chi connectivity index (χ3v) is 8.05. The number of carbonyl (C=O) groups is 3. The predicted octanol–water partition coefficient (Wildman–Crippen LogP) is 4.60. The number of piperazine rings is 1. The summed E-state index contributed by atoms with van der Waals surface area (Å²) in [4.78, 5) is 58.2. The molecule has 0 N–H and O–H groups in total. The van der Waals surface area contributed by atoms with Crippen molar-refractivity contribution in [2.75, 3.05) is 50.1 Å². The number of ketones is 2. The van der Waals surface area contributed by atoms with Crippen molar-refractivity contribution in [1.29, 1.82) is 0 Å². The summed E-state index contributed by atoms with van der Waals surface area (Å²) >= 11 is 0. The number of hydrogen-bond donors (Lipinski definition) is 0. The molecule has 0 unspecified atom stereocenters. The lowest BCUT2D eigenvalue weighted by Gasteiger charge is -2.36. The lowest BCUT2D eigenvalue weighted by atomic mass is 10.0. The number of aromatic nitrogens is 1. The molecule has 8 nitrogen and oxygen atoms in total. The summed E-state index contributed by atoms with van der Waals surface area (Å²) in [7, 11) is 3.88. The lowest BCUT2D eigenvalue weighted by molar-refractivity contribution is -0.144. The smallest absolute Gasteiger partial charge is 0.290 e. The highest BCUT2D eigenvalue weighted by atomic mass is 19.2. The molecule has 3 aromatic carbocycles. The zero-order valence-electron chi connectivity index (χ0n) is 25.8. The molecule has 2 heterocycles. The molecule has 1 fully saturated rings. The number of pyridine rings is 1. The normalized spacial score (nSPS) is 13.1. The van der Waals surface area contributed by atoms with Gasteiger partial charge < -0.3 is 19.3 Å². The van der Waals surface area contributed by atoms with Crippen LogP contribution in [0.3, 0.4) is 0 Å². The van der Waals surface area contributed by atoms with E-state index < -0.39 is 58.3 Å². The summed E-state index contributed by atoms with van der Waals surface area (Å²) < 4.78 is 56.8. The van der Waals surface area contributed by atoms with E-state index in [0.717, 1.165) is 28.1 Å². The van der Waals surface area contributed by atoms with Crippen LogP contribution < -0.4 is 15.4 Å². The Kier molecular flexibility index (Phi) is 9.88. The maximum absolute atomic E-state index is 14.5. The van der Waals surface area contributed by atoms with Gasteiger partial charge in [-0.05, 0) is 66.1 Å². The molecule has 12 heteroatoms. The second-order valence-corrected chi connectivity index (χ2v) is 11.5. The largest absolute Gasteiger partial charge is 0.378 e. The third kappa shape index (κ3) is 7.59. The fourth-order valence-electron chi connectivity index (χ4n) is 5.49. The molecule has 1 aliphatic rings. The van der Waals surface area contributed by atoms with Crippen LogP contribution in [-0.2, 0) is 22.6 Å². The van der Waals surface area contributed by atoms with Crippen molar-refractivity contribution in [1.82, 2.24) is 9.47 Å². The maximum atomic E-state index is 14.5. The first-order chi connectivity index (χ1) is 22.4. The van der Waals surface area contributed by atoms with E-state index in [-0.39, 0.29) is 42.7 Å². The minimum atomic E-state index is -1.64. The molecule has 1 aromatic heterocycles. The fraction of sp³-hybridized carbons (Fsp3) is 0.257. The van der Waals surface area contributed by atoms with Gasteiger partial charge in [0.25, 0.3) is 11.5 Å². The number of halogens is 4. The molecule has 4 aromatic rings. The Balaban J connectivity index is 1.33. The molecule has 0 bridgehead atoms. The Bertz CT molecular complexity index is 1860. The maximum Gasteiger partial charge on any atom is 0.290 e. The Morgan fingerprint density at radius 3 is 2.04 bits per heavy atom. The van der Waals surface area contributed by atoms with Crippen molar-refractivity contribution in [3.63, 3.8) is 0 Å². The van der Waals surface area contributed by atoms with Crippen LogP contribution in [0.1, 0.15) is 33.5 Å². The van der Waals surface area contributed by atoms with Crippen LogP contribution in [0.2, 0.25) is 0 Å². The molecule has 0 radical (unpaired) electrons. The quantitative estimate of drug-likeness (QED) is 0.0823. The predicted molar refractivity (Wildman–Crippen MR) is 169 cm³/mol. The summed E-state index contributed by atoms with van der Waals surface area (Å²) in [6, 6.07) is 16.3. The van der Waals surface area contributed by atoms with Gasteiger partial charge in [0.1, 0.15) is 5.82 Å². The van der Waals surface area contributed by atoms with Crippen molar-refractivity contribution in [2.45, 2.75) is 19.4 Å². The van der Waals surface area contributed by atoms with Gasteiger partial charge in [-0.3, -0.25) is 19.2 Å². The summed E-state index contributed by atoms with van der Waals surface area (Å²) in [6.07, 6.45) is 0.190. The van der Waals surface area contributed by atoms with Crippen molar-refractivity contribution in [2.24, 2.45) is 0 Å². The van der Waals surface area contributed by atoms with E-state index in [2.05, 4.69) is 4.90 Å². The molecule has 0 saturated carbocycles. The molecule has 0 aliphatic carbocycles. The first-order valence-corrected chi connectivity index (χ1v) is 14.9. The Morgan fingerprint density at radius 1 is 0.787 bits per heavy atom. The number of amides is 1. The van der Waals surface area contributed by atoms with Crippen LogP contribution in [0.25, 0.3) is 0 Å². The number of anilines is 2. The number of hydrogen-bond acceptors (Lipinski definition) is 6. The standard InChI is InChI=1S/C35H32F4N4O4/c1-40(2)25-7-9-26(10-8-25)41-11-13-42(14-12-41)35(47)32(45)19-31(44)27-16-23(15-22-17-29(37)33(39)30(38)18-22)20-43(34(27)46)21-24-5-3-4-6-28(24)36/h3-10,16-18,20H,11-15,19,21H2,1-2H3. The number of benzene rings is 3. The molecule has 5 rings (SSSR count). The van der Waals surface area contributed by atoms with E-state index in [1.54, 1.807) is 6.07 Å². The molecular formula is C35H32F4N4O4. The van der Waals surface area contributed by atoms with Crippen molar-refractivity contribution in [3.8, 4) is 0 Å². The second kappa shape index (κ2) is 14.0. The van der Waals surface area contributed by atoms with Crippen LogP contribution >= 0.6 is 0 Å². The van der Waals surface area contributed by atoms with Gasteiger partial charge in [-0.2, -0.15) is 0 Å². The molecule has 0 spiro atoms. The monoisotopic (exact) mass is 648 g/mol. The topological polar surface area (TPSA) is 82.9 Å². The zero-order valence-corrected chi connectivity index (χ0v) is 25.8. The van der Waals surface area contributed by atoms with Gasteiger partial charge in [0.2, 0.25) is 5.78 Å². The van der Waals surface area contributed by atoms with Crippen LogP contribution in [-0.4, -0.2) is 67.2 Å². The van der Waals surface area contributed by atoms with Crippen LogP contribution in [0, 0.1) is 23.3 Å².